The zero-order chi connectivity index (χ0) is 19.1. The SMILES string of the molecule is CCc1ccccc1NC(=O)CSc1nnnn1Cc1ccc(OC)cc1. The van der Waals surface area contributed by atoms with Crippen LogP contribution in [0.4, 0.5) is 5.69 Å². The molecule has 0 atom stereocenters. The van der Waals surface area contributed by atoms with E-state index < -0.39 is 0 Å². The Morgan fingerprint density at radius 3 is 2.70 bits per heavy atom. The third-order valence-corrected chi connectivity index (χ3v) is 4.95. The van der Waals surface area contributed by atoms with Crippen molar-refractivity contribution in [2.24, 2.45) is 0 Å². The summed E-state index contributed by atoms with van der Waals surface area (Å²) in [7, 11) is 1.63. The van der Waals surface area contributed by atoms with Gasteiger partial charge in [0, 0.05) is 5.69 Å². The molecular formula is C19H21N5O2S. The summed E-state index contributed by atoms with van der Waals surface area (Å²) >= 11 is 1.31. The number of hydrogen-bond acceptors (Lipinski definition) is 6. The maximum Gasteiger partial charge on any atom is 0.234 e. The molecule has 0 radical (unpaired) electrons. The number of tetrazole rings is 1. The third kappa shape index (κ3) is 5.07. The van der Waals surface area contributed by atoms with Crippen LogP contribution in [0, 0.1) is 0 Å². The molecule has 2 aromatic carbocycles. The summed E-state index contributed by atoms with van der Waals surface area (Å²) in [5, 5.41) is 15.3. The summed E-state index contributed by atoms with van der Waals surface area (Å²) in [6.45, 7) is 2.59. The lowest BCUT2D eigenvalue weighted by Crippen LogP contribution is -2.16. The molecule has 0 bridgehead atoms. The van der Waals surface area contributed by atoms with Gasteiger partial charge >= 0.3 is 0 Å². The van der Waals surface area contributed by atoms with Crippen molar-refractivity contribution in [2.75, 3.05) is 18.2 Å². The van der Waals surface area contributed by atoms with E-state index in [1.54, 1.807) is 11.8 Å². The Morgan fingerprint density at radius 1 is 1.19 bits per heavy atom. The Balaban J connectivity index is 1.58. The molecule has 0 aliphatic heterocycles. The normalized spacial score (nSPS) is 10.6. The Labute approximate surface area is 162 Å². The number of benzene rings is 2. The van der Waals surface area contributed by atoms with Gasteiger partial charge in [-0.3, -0.25) is 4.79 Å². The summed E-state index contributed by atoms with van der Waals surface area (Å²) in [6.07, 6.45) is 0.865. The number of ether oxygens (including phenoxy) is 1. The third-order valence-electron chi connectivity index (χ3n) is 4.00. The van der Waals surface area contributed by atoms with Crippen molar-refractivity contribution in [1.82, 2.24) is 20.2 Å². The number of carbonyl (C=O) groups excluding carboxylic acids is 1. The molecule has 1 aromatic heterocycles. The fourth-order valence-corrected chi connectivity index (χ4v) is 3.25. The van der Waals surface area contributed by atoms with Crippen LogP contribution in [0.25, 0.3) is 0 Å². The number of methoxy groups -OCH3 is 1. The molecule has 0 saturated carbocycles. The van der Waals surface area contributed by atoms with Gasteiger partial charge in [0.25, 0.3) is 0 Å². The zero-order valence-electron chi connectivity index (χ0n) is 15.3. The van der Waals surface area contributed by atoms with Gasteiger partial charge in [0.1, 0.15) is 5.75 Å². The number of hydrogen-bond donors (Lipinski definition) is 1. The van der Waals surface area contributed by atoms with Gasteiger partial charge in [0.2, 0.25) is 11.1 Å². The molecule has 1 N–H and O–H groups in total. The number of rotatable bonds is 8. The Bertz CT molecular complexity index is 895. The average molecular weight is 383 g/mol. The second-order valence-corrected chi connectivity index (χ2v) is 6.76. The van der Waals surface area contributed by atoms with Crippen LogP contribution in [0.15, 0.2) is 53.7 Å². The van der Waals surface area contributed by atoms with Gasteiger partial charge < -0.3 is 10.1 Å². The average Bonchev–Trinajstić information content (AvgIpc) is 3.14. The van der Waals surface area contributed by atoms with Crippen LogP contribution in [0.3, 0.4) is 0 Å². The second-order valence-electron chi connectivity index (χ2n) is 5.81. The van der Waals surface area contributed by atoms with Crippen LogP contribution in [0.1, 0.15) is 18.1 Å². The molecule has 1 amide bonds. The number of aryl methyl sites for hydroxylation is 1. The van der Waals surface area contributed by atoms with Gasteiger partial charge in [0.15, 0.2) is 0 Å². The van der Waals surface area contributed by atoms with Crippen molar-refractivity contribution >= 4 is 23.4 Å². The van der Waals surface area contributed by atoms with Crippen LogP contribution in [-0.2, 0) is 17.8 Å². The minimum absolute atomic E-state index is 0.0834. The quantitative estimate of drug-likeness (QED) is 0.602. The van der Waals surface area contributed by atoms with Crippen LogP contribution < -0.4 is 10.1 Å². The molecule has 0 fully saturated rings. The first-order chi connectivity index (χ1) is 13.2. The van der Waals surface area contributed by atoms with Gasteiger partial charge in [-0.15, -0.1) is 5.10 Å². The minimum atomic E-state index is -0.0834. The van der Waals surface area contributed by atoms with E-state index in [2.05, 4.69) is 27.8 Å². The molecule has 1 heterocycles. The molecule has 27 heavy (non-hydrogen) atoms. The predicted octanol–water partition coefficient (Wildman–Crippen LogP) is 3.02. The van der Waals surface area contributed by atoms with Gasteiger partial charge in [-0.2, -0.15) is 0 Å². The van der Waals surface area contributed by atoms with E-state index in [-0.39, 0.29) is 11.7 Å². The Kier molecular flexibility index (Phi) is 6.43. The molecule has 7 nitrogen and oxygen atoms in total. The molecule has 0 saturated heterocycles. The van der Waals surface area contributed by atoms with Crippen LogP contribution >= 0.6 is 11.8 Å². The van der Waals surface area contributed by atoms with E-state index in [0.29, 0.717) is 11.7 Å². The van der Waals surface area contributed by atoms with E-state index in [9.17, 15) is 4.79 Å². The number of aromatic nitrogens is 4. The van der Waals surface area contributed by atoms with E-state index in [1.165, 1.54) is 11.8 Å². The fourth-order valence-electron chi connectivity index (χ4n) is 2.57. The molecule has 3 rings (SSSR count). The maximum atomic E-state index is 12.3. The molecule has 0 aliphatic rings. The summed E-state index contributed by atoms with van der Waals surface area (Å²) < 4.78 is 6.84. The first-order valence-electron chi connectivity index (χ1n) is 8.59. The number of amides is 1. The number of carbonyl (C=O) groups is 1. The molecule has 140 valence electrons. The number of para-hydroxylation sites is 1. The van der Waals surface area contributed by atoms with Gasteiger partial charge in [-0.1, -0.05) is 49.0 Å². The minimum Gasteiger partial charge on any atom is -0.497 e. The van der Waals surface area contributed by atoms with E-state index in [0.717, 1.165) is 29.0 Å². The Hall–Kier alpha value is -2.87. The first-order valence-corrected chi connectivity index (χ1v) is 9.57. The van der Waals surface area contributed by atoms with E-state index in [1.807, 2.05) is 48.5 Å². The van der Waals surface area contributed by atoms with Crippen molar-refractivity contribution in [3.05, 3.63) is 59.7 Å². The largest absolute Gasteiger partial charge is 0.497 e. The van der Waals surface area contributed by atoms with Gasteiger partial charge in [-0.05, 0) is 46.2 Å². The monoisotopic (exact) mass is 383 g/mol. The highest BCUT2D eigenvalue weighted by Crippen LogP contribution is 2.19. The lowest BCUT2D eigenvalue weighted by Gasteiger charge is -2.09. The van der Waals surface area contributed by atoms with Gasteiger partial charge in [0.05, 0.1) is 19.4 Å². The molecule has 0 spiro atoms. The van der Waals surface area contributed by atoms with E-state index >= 15 is 0 Å². The highest BCUT2D eigenvalue weighted by atomic mass is 32.2. The number of nitrogens with zero attached hydrogens (tertiary/aromatic N) is 4. The number of anilines is 1. The van der Waals surface area contributed by atoms with Crippen molar-refractivity contribution in [2.45, 2.75) is 25.0 Å². The lowest BCUT2D eigenvalue weighted by molar-refractivity contribution is -0.113. The van der Waals surface area contributed by atoms with Crippen molar-refractivity contribution < 1.29 is 9.53 Å². The Morgan fingerprint density at radius 2 is 1.96 bits per heavy atom. The summed E-state index contributed by atoms with van der Waals surface area (Å²) in [4.78, 5) is 12.3. The molecular weight excluding hydrogens is 362 g/mol. The topological polar surface area (TPSA) is 81.9 Å². The molecule has 3 aromatic rings. The van der Waals surface area contributed by atoms with Crippen LogP contribution in [0.2, 0.25) is 0 Å². The molecule has 0 aliphatic carbocycles. The number of nitrogens with one attached hydrogen (secondary N) is 1. The smallest absolute Gasteiger partial charge is 0.234 e. The lowest BCUT2D eigenvalue weighted by atomic mass is 10.1. The van der Waals surface area contributed by atoms with Crippen molar-refractivity contribution in [3.63, 3.8) is 0 Å². The summed E-state index contributed by atoms with van der Waals surface area (Å²) in [5.74, 6) is 0.954. The zero-order valence-corrected chi connectivity index (χ0v) is 16.1. The first kappa shape index (κ1) is 18.9. The standard InChI is InChI=1S/C19H21N5O2S/c1-3-15-6-4-5-7-17(15)20-18(25)13-27-19-21-22-23-24(19)12-14-8-10-16(26-2)11-9-14/h4-11H,3,12-13H2,1-2H3,(H,20,25). The highest BCUT2D eigenvalue weighted by molar-refractivity contribution is 7.99. The molecule has 8 heteroatoms. The predicted molar refractivity (Wildman–Crippen MR) is 105 cm³/mol. The second kappa shape index (κ2) is 9.18. The van der Waals surface area contributed by atoms with Crippen LogP contribution in [0.5, 0.6) is 5.75 Å². The fraction of sp³-hybridized carbons (Fsp3) is 0.263. The summed E-state index contributed by atoms with van der Waals surface area (Å²) in [5.41, 5.74) is 3.01. The van der Waals surface area contributed by atoms with Crippen molar-refractivity contribution in [1.29, 1.82) is 0 Å². The van der Waals surface area contributed by atoms with Crippen LogP contribution in [-0.4, -0.2) is 39.0 Å². The van der Waals surface area contributed by atoms with Crippen molar-refractivity contribution in [3.8, 4) is 5.75 Å². The maximum absolute atomic E-state index is 12.3. The van der Waals surface area contributed by atoms with E-state index in [4.69, 9.17) is 4.74 Å². The van der Waals surface area contributed by atoms with Gasteiger partial charge in [-0.25, -0.2) is 4.68 Å². The number of thioether (sulfide) groups is 1. The molecule has 0 unspecified atom stereocenters. The highest BCUT2D eigenvalue weighted by Gasteiger charge is 2.12. The summed E-state index contributed by atoms with van der Waals surface area (Å²) in [6, 6.07) is 15.5.